The Kier molecular flexibility index (Phi) is 6.97. The van der Waals surface area contributed by atoms with Crippen molar-refractivity contribution in [3.63, 3.8) is 0 Å². The number of amides is 3. The van der Waals surface area contributed by atoms with E-state index >= 15 is 0 Å². The first-order valence-corrected chi connectivity index (χ1v) is 8.47. The molecule has 0 radical (unpaired) electrons. The highest BCUT2D eigenvalue weighted by Crippen LogP contribution is 2.29. The maximum Gasteiger partial charge on any atom is 0.250 e. The number of carbonyl (C=O) groups is 3. The fourth-order valence-corrected chi connectivity index (χ4v) is 2.89. The van der Waals surface area contributed by atoms with Crippen LogP contribution in [0.1, 0.15) is 19.8 Å². The Morgan fingerprint density at radius 2 is 1.85 bits per heavy atom. The molecule has 8 heteroatoms. The van der Waals surface area contributed by atoms with Gasteiger partial charge in [-0.05, 0) is 25.0 Å². The molecule has 1 saturated heterocycles. The summed E-state index contributed by atoms with van der Waals surface area (Å²) in [5.74, 6) is -0.0118. The third-order valence-electron chi connectivity index (χ3n) is 4.33. The van der Waals surface area contributed by atoms with Crippen molar-refractivity contribution in [1.29, 1.82) is 0 Å². The molecule has 1 aliphatic rings. The molecule has 0 aliphatic carbocycles. The smallest absolute Gasteiger partial charge is 0.250 e. The maximum atomic E-state index is 12.4. The van der Waals surface area contributed by atoms with E-state index in [1.165, 1.54) is 14.2 Å². The molecule has 1 heterocycles. The Hall–Kier alpha value is -2.61. The van der Waals surface area contributed by atoms with E-state index < -0.39 is 0 Å². The van der Waals surface area contributed by atoms with Crippen molar-refractivity contribution in [3.05, 3.63) is 18.2 Å². The molecule has 2 rings (SSSR count). The number of rotatable bonds is 6. The lowest BCUT2D eigenvalue weighted by Crippen LogP contribution is -2.40. The lowest BCUT2D eigenvalue weighted by atomic mass is 9.96. The van der Waals surface area contributed by atoms with Crippen LogP contribution in [0.4, 0.5) is 11.4 Å². The molecule has 142 valence electrons. The van der Waals surface area contributed by atoms with Gasteiger partial charge in [0.25, 0.3) is 0 Å². The minimum atomic E-state index is -0.292. The van der Waals surface area contributed by atoms with E-state index in [0.717, 1.165) is 0 Å². The predicted octanol–water partition coefficient (Wildman–Crippen LogP) is 1.48. The molecule has 0 bridgehead atoms. The number of benzene rings is 1. The first kappa shape index (κ1) is 19.7. The molecule has 1 fully saturated rings. The van der Waals surface area contributed by atoms with Gasteiger partial charge in [-0.1, -0.05) is 0 Å². The number of nitrogens with one attached hydrogen (secondary N) is 2. The summed E-state index contributed by atoms with van der Waals surface area (Å²) in [5, 5.41) is 5.56. The summed E-state index contributed by atoms with van der Waals surface area (Å²) < 4.78 is 10.1. The molecule has 2 N–H and O–H groups in total. The van der Waals surface area contributed by atoms with Crippen LogP contribution >= 0.6 is 0 Å². The average Bonchev–Trinajstić information content (AvgIpc) is 2.63. The van der Waals surface area contributed by atoms with Gasteiger partial charge < -0.3 is 25.0 Å². The van der Waals surface area contributed by atoms with E-state index in [2.05, 4.69) is 10.6 Å². The van der Waals surface area contributed by atoms with Gasteiger partial charge in [0.15, 0.2) is 0 Å². The number of anilines is 2. The van der Waals surface area contributed by atoms with E-state index in [0.29, 0.717) is 43.1 Å². The molecule has 0 aromatic heterocycles. The normalized spacial score (nSPS) is 14.7. The highest BCUT2D eigenvalue weighted by molar-refractivity contribution is 5.95. The van der Waals surface area contributed by atoms with E-state index in [9.17, 15) is 14.4 Å². The zero-order chi connectivity index (χ0) is 19.1. The van der Waals surface area contributed by atoms with Crippen LogP contribution in [0.2, 0.25) is 0 Å². The molecular formula is C18H25N3O5. The van der Waals surface area contributed by atoms with Crippen LogP contribution in [-0.4, -0.2) is 56.5 Å². The Balaban J connectivity index is 1.98. The number of likely N-dealkylation sites (tertiary alicyclic amines) is 1. The second-order valence-corrected chi connectivity index (χ2v) is 6.17. The van der Waals surface area contributed by atoms with E-state index in [1.807, 2.05) is 0 Å². The van der Waals surface area contributed by atoms with Gasteiger partial charge in [0, 0.05) is 44.8 Å². The summed E-state index contributed by atoms with van der Waals surface area (Å²) in [6.45, 7) is 2.68. The summed E-state index contributed by atoms with van der Waals surface area (Å²) in [6.07, 6.45) is 1.29. The van der Waals surface area contributed by atoms with Crippen molar-refractivity contribution in [1.82, 2.24) is 4.90 Å². The van der Waals surface area contributed by atoms with Crippen molar-refractivity contribution < 1.29 is 23.9 Å². The Morgan fingerprint density at radius 3 is 2.42 bits per heavy atom. The molecule has 3 amide bonds. The van der Waals surface area contributed by atoms with Gasteiger partial charge >= 0.3 is 0 Å². The van der Waals surface area contributed by atoms with Gasteiger partial charge in [-0.15, -0.1) is 0 Å². The van der Waals surface area contributed by atoms with E-state index in [4.69, 9.17) is 9.47 Å². The molecular weight excluding hydrogens is 338 g/mol. The van der Waals surface area contributed by atoms with Crippen LogP contribution in [-0.2, 0) is 19.1 Å². The number of hydrogen-bond acceptors (Lipinski definition) is 5. The zero-order valence-electron chi connectivity index (χ0n) is 15.3. The molecule has 0 spiro atoms. The molecule has 1 aromatic rings. The van der Waals surface area contributed by atoms with Crippen LogP contribution in [0.5, 0.6) is 5.75 Å². The van der Waals surface area contributed by atoms with Gasteiger partial charge in [0.1, 0.15) is 12.4 Å². The second kappa shape index (κ2) is 9.19. The molecule has 0 unspecified atom stereocenters. The summed E-state index contributed by atoms with van der Waals surface area (Å²) in [7, 11) is 2.93. The van der Waals surface area contributed by atoms with Crippen LogP contribution in [0, 0.1) is 5.92 Å². The maximum absolute atomic E-state index is 12.4. The monoisotopic (exact) mass is 363 g/mol. The molecule has 1 aliphatic heterocycles. The summed E-state index contributed by atoms with van der Waals surface area (Å²) >= 11 is 0. The number of ether oxygens (including phenoxy) is 2. The number of nitrogens with zero attached hydrogens (tertiary/aromatic N) is 1. The Bertz CT molecular complexity index is 669. The topological polar surface area (TPSA) is 97.0 Å². The highest BCUT2D eigenvalue weighted by atomic mass is 16.5. The third-order valence-corrected chi connectivity index (χ3v) is 4.33. The average molecular weight is 363 g/mol. The number of piperidine rings is 1. The fourth-order valence-electron chi connectivity index (χ4n) is 2.89. The second-order valence-electron chi connectivity index (χ2n) is 6.17. The van der Waals surface area contributed by atoms with Gasteiger partial charge in [-0.3, -0.25) is 14.4 Å². The summed E-state index contributed by atoms with van der Waals surface area (Å²) in [4.78, 5) is 37.2. The van der Waals surface area contributed by atoms with Crippen molar-refractivity contribution in [2.24, 2.45) is 5.92 Å². The Labute approximate surface area is 152 Å². The highest BCUT2D eigenvalue weighted by Gasteiger charge is 2.26. The SMILES string of the molecule is COCC(=O)Nc1ccc(NC(=O)C2CCN(C(C)=O)CC2)cc1OC. The van der Waals surface area contributed by atoms with Crippen LogP contribution < -0.4 is 15.4 Å². The third kappa shape index (κ3) is 5.19. The van der Waals surface area contributed by atoms with Crippen LogP contribution in [0.3, 0.4) is 0 Å². The lowest BCUT2D eigenvalue weighted by Gasteiger charge is -2.30. The van der Waals surface area contributed by atoms with Crippen molar-refractivity contribution in [2.75, 3.05) is 44.5 Å². The lowest BCUT2D eigenvalue weighted by molar-refractivity contribution is -0.132. The number of hydrogen-bond donors (Lipinski definition) is 2. The van der Waals surface area contributed by atoms with Gasteiger partial charge in [-0.2, -0.15) is 0 Å². The zero-order valence-corrected chi connectivity index (χ0v) is 15.3. The van der Waals surface area contributed by atoms with Crippen LogP contribution in [0.25, 0.3) is 0 Å². The molecule has 0 saturated carbocycles. The first-order chi connectivity index (χ1) is 12.4. The fraction of sp³-hybridized carbons (Fsp3) is 0.500. The van der Waals surface area contributed by atoms with E-state index in [-0.39, 0.29) is 30.2 Å². The quantitative estimate of drug-likeness (QED) is 0.798. The predicted molar refractivity (Wildman–Crippen MR) is 97.1 cm³/mol. The summed E-state index contributed by atoms with van der Waals surface area (Å²) in [6, 6.07) is 5.03. The largest absolute Gasteiger partial charge is 0.494 e. The Morgan fingerprint density at radius 1 is 1.15 bits per heavy atom. The number of methoxy groups -OCH3 is 2. The molecule has 8 nitrogen and oxygen atoms in total. The molecule has 26 heavy (non-hydrogen) atoms. The summed E-state index contributed by atoms with van der Waals surface area (Å²) in [5.41, 5.74) is 1.09. The number of carbonyl (C=O) groups excluding carboxylic acids is 3. The van der Waals surface area contributed by atoms with Gasteiger partial charge in [-0.25, -0.2) is 0 Å². The molecule has 0 atom stereocenters. The van der Waals surface area contributed by atoms with Gasteiger partial charge in [0.05, 0.1) is 12.8 Å². The minimum Gasteiger partial charge on any atom is -0.494 e. The van der Waals surface area contributed by atoms with Crippen LogP contribution in [0.15, 0.2) is 18.2 Å². The van der Waals surface area contributed by atoms with Crippen molar-refractivity contribution in [2.45, 2.75) is 19.8 Å². The standard InChI is InChI=1S/C18H25N3O5/c1-12(22)21-8-6-13(7-9-21)18(24)19-14-4-5-15(16(10-14)26-3)20-17(23)11-25-2/h4-5,10,13H,6-9,11H2,1-3H3,(H,19,24)(H,20,23). The molecule has 1 aromatic carbocycles. The van der Waals surface area contributed by atoms with Gasteiger partial charge in [0.2, 0.25) is 17.7 Å². The van der Waals surface area contributed by atoms with Crippen molar-refractivity contribution in [3.8, 4) is 5.75 Å². The van der Waals surface area contributed by atoms with Crippen molar-refractivity contribution >= 4 is 29.1 Å². The first-order valence-electron chi connectivity index (χ1n) is 8.47. The van der Waals surface area contributed by atoms with E-state index in [1.54, 1.807) is 30.0 Å². The minimum absolute atomic E-state index is 0.0414.